The van der Waals surface area contributed by atoms with Crippen LogP contribution in [0.15, 0.2) is 0 Å². The van der Waals surface area contributed by atoms with Crippen molar-refractivity contribution in [3.63, 3.8) is 0 Å². The molecule has 2 aliphatic rings. The number of unbranched alkanes of at least 4 members (excludes halogenated alkanes) is 28. The van der Waals surface area contributed by atoms with Crippen molar-refractivity contribution < 1.29 is 73.8 Å². The lowest BCUT2D eigenvalue weighted by Gasteiger charge is -2.42. The maximum Gasteiger partial charge on any atom is 0.306 e. The molecule has 15 nitrogen and oxygen atoms in total. The number of esters is 2. The first kappa shape index (κ1) is 60.6. The number of ether oxygens (including phenoxy) is 6. The Morgan fingerprint density at radius 2 is 0.773 bits per heavy atom. The van der Waals surface area contributed by atoms with E-state index in [-0.39, 0.29) is 26.1 Å². The van der Waals surface area contributed by atoms with E-state index >= 15 is 0 Å². The Hall–Kier alpha value is -1.50. The Morgan fingerprint density at radius 1 is 0.424 bits per heavy atom. The predicted octanol–water partition coefficient (Wildman–Crippen LogP) is 7.61. The van der Waals surface area contributed by atoms with Crippen molar-refractivity contribution in [3.8, 4) is 0 Å². The predicted molar refractivity (Wildman–Crippen MR) is 252 cm³/mol. The number of hydrogen-bond donors (Lipinski definition) is 7. The number of hydrogen-bond acceptors (Lipinski definition) is 15. The van der Waals surface area contributed by atoms with Crippen LogP contribution in [0.2, 0.25) is 0 Å². The molecule has 2 fully saturated rings. The molecule has 7 N–H and O–H groups in total. The van der Waals surface area contributed by atoms with Crippen LogP contribution >= 0.6 is 0 Å². The van der Waals surface area contributed by atoms with E-state index in [0.717, 1.165) is 38.5 Å². The lowest BCUT2D eigenvalue weighted by Crippen LogP contribution is -2.61. The first-order valence-electron chi connectivity index (χ1n) is 26.6. The van der Waals surface area contributed by atoms with Crippen molar-refractivity contribution in [3.05, 3.63) is 0 Å². The molecule has 66 heavy (non-hydrogen) atoms. The van der Waals surface area contributed by atoms with E-state index in [0.29, 0.717) is 12.8 Å². The fourth-order valence-corrected chi connectivity index (χ4v) is 8.69. The molecule has 15 heteroatoms. The van der Waals surface area contributed by atoms with Crippen LogP contribution in [0.1, 0.15) is 219 Å². The number of carbonyl (C=O) groups is 2. The van der Waals surface area contributed by atoms with Gasteiger partial charge in [-0.2, -0.15) is 0 Å². The molecule has 2 saturated heterocycles. The monoisotopic (exact) mass is 949 g/mol. The molecule has 2 rings (SSSR count). The minimum absolute atomic E-state index is 0.173. The maximum atomic E-state index is 13.0. The third-order valence-corrected chi connectivity index (χ3v) is 13.1. The number of aliphatic hydroxyl groups excluding tert-OH is 7. The van der Waals surface area contributed by atoms with Gasteiger partial charge in [0.05, 0.1) is 19.8 Å². The molecule has 0 radical (unpaired) electrons. The Kier molecular flexibility index (Phi) is 36.0. The molecule has 0 spiro atoms. The molecule has 0 aromatic heterocycles. The van der Waals surface area contributed by atoms with Crippen LogP contribution < -0.4 is 0 Å². The molecule has 0 bridgehead atoms. The fraction of sp³-hybridized carbons (Fsp3) is 0.961. The SMILES string of the molecule is CCCCCCCCCCCCCCCCCCCCCCCCC(=O)O[C@H](COC(=O)CCCCCCCCCC)CO[C@H]1O[C@@H](CO[C@H]2O[C@@H](CO)[C@@H](O)C(O)C2O)[C@@H](O)C(O)C1O. The molecule has 0 saturated carbocycles. The van der Waals surface area contributed by atoms with Gasteiger partial charge in [0.15, 0.2) is 18.7 Å². The van der Waals surface area contributed by atoms with Crippen molar-refractivity contribution >= 4 is 11.9 Å². The fourth-order valence-electron chi connectivity index (χ4n) is 8.69. The summed E-state index contributed by atoms with van der Waals surface area (Å²) in [7, 11) is 0. The van der Waals surface area contributed by atoms with Crippen LogP contribution in [0, 0.1) is 0 Å². The van der Waals surface area contributed by atoms with Gasteiger partial charge in [0, 0.05) is 12.8 Å². The largest absolute Gasteiger partial charge is 0.462 e. The second-order valence-corrected chi connectivity index (χ2v) is 19.1. The summed E-state index contributed by atoms with van der Waals surface area (Å²) in [6.07, 6.45) is 20.2. The van der Waals surface area contributed by atoms with Crippen LogP contribution in [0.5, 0.6) is 0 Å². The quantitative estimate of drug-likeness (QED) is 0.0231. The molecule has 390 valence electrons. The van der Waals surface area contributed by atoms with E-state index in [1.165, 1.54) is 141 Å². The van der Waals surface area contributed by atoms with Gasteiger partial charge < -0.3 is 64.2 Å². The Morgan fingerprint density at radius 3 is 1.18 bits per heavy atom. The summed E-state index contributed by atoms with van der Waals surface area (Å²) in [5, 5.41) is 72.0. The van der Waals surface area contributed by atoms with E-state index < -0.39 is 92.7 Å². The summed E-state index contributed by atoms with van der Waals surface area (Å²) >= 11 is 0. The smallest absolute Gasteiger partial charge is 0.306 e. The minimum atomic E-state index is -1.76. The summed E-state index contributed by atoms with van der Waals surface area (Å²) in [4.78, 5) is 25.6. The molecule has 0 aromatic carbocycles. The minimum Gasteiger partial charge on any atom is -0.462 e. The van der Waals surface area contributed by atoms with E-state index in [4.69, 9.17) is 28.4 Å². The van der Waals surface area contributed by atoms with Gasteiger partial charge in [-0.1, -0.05) is 194 Å². The van der Waals surface area contributed by atoms with Crippen LogP contribution in [0.4, 0.5) is 0 Å². The Labute approximate surface area is 398 Å². The van der Waals surface area contributed by atoms with Gasteiger partial charge >= 0.3 is 11.9 Å². The van der Waals surface area contributed by atoms with Crippen molar-refractivity contribution in [2.45, 2.75) is 287 Å². The Balaban J connectivity index is 1.72. The molecule has 4 unspecified atom stereocenters. The lowest BCUT2D eigenvalue weighted by molar-refractivity contribution is -0.332. The van der Waals surface area contributed by atoms with Gasteiger partial charge in [-0.3, -0.25) is 9.59 Å². The number of aliphatic hydroxyl groups is 7. The summed E-state index contributed by atoms with van der Waals surface area (Å²) < 4.78 is 33.5. The summed E-state index contributed by atoms with van der Waals surface area (Å²) in [5.41, 5.74) is 0. The van der Waals surface area contributed by atoms with Crippen molar-refractivity contribution in [1.82, 2.24) is 0 Å². The second-order valence-electron chi connectivity index (χ2n) is 19.1. The first-order valence-corrected chi connectivity index (χ1v) is 26.6. The first-order chi connectivity index (χ1) is 32.0. The third kappa shape index (κ3) is 27.0. The molecule has 0 amide bonds. The van der Waals surface area contributed by atoms with Crippen LogP contribution in [0.3, 0.4) is 0 Å². The highest BCUT2D eigenvalue weighted by Gasteiger charge is 2.47. The molecule has 0 aliphatic carbocycles. The third-order valence-electron chi connectivity index (χ3n) is 13.1. The molecular formula is C51H96O15. The van der Waals surface area contributed by atoms with E-state index in [1.54, 1.807) is 0 Å². The van der Waals surface area contributed by atoms with E-state index in [1.807, 2.05) is 0 Å². The van der Waals surface area contributed by atoms with Gasteiger partial charge in [0.25, 0.3) is 0 Å². The number of carbonyl (C=O) groups excluding carboxylic acids is 2. The molecule has 2 heterocycles. The zero-order chi connectivity index (χ0) is 48.2. The average Bonchev–Trinajstić information content (AvgIpc) is 3.31. The van der Waals surface area contributed by atoms with Crippen LogP contribution in [-0.2, 0) is 38.0 Å². The zero-order valence-electron chi connectivity index (χ0n) is 41.2. The zero-order valence-corrected chi connectivity index (χ0v) is 41.2. The van der Waals surface area contributed by atoms with Crippen molar-refractivity contribution in [2.75, 3.05) is 26.4 Å². The average molecular weight is 949 g/mol. The van der Waals surface area contributed by atoms with Crippen molar-refractivity contribution in [1.29, 1.82) is 0 Å². The van der Waals surface area contributed by atoms with Gasteiger partial charge in [-0.25, -0.2) is 0 Å². The van der Waals surface area contributed by atoms with Gasteiger partial charge in [0.2, 0.25) is 0 Å². The van der Waals surface area contributed by atoms with Gasteiger partial charge in [-0.05, 0) is 12.8 Å². The molecule has 11 atom stereocenters. The normalized spacial score (nSPS) is 26.1. The highest BCUT2D eigenvalue weighted by Crippen LogP contribution is 2.27. The molecule has 2 aliphatic heterocycles. The highest BCUT2D eigenvalue weighted by atomic mass is 16.7. The molecular weight excluding hydrogens is 853 g/mol. The second kappa shape index (κ2) is 39.2. The highest BCUT2D eigenvalue weighted by molar-refractivity contribution is 5.70. The molecule has 0 aromatic rings. The van der Waals surface area contributed by atoms with Crippen LogP contribution in [0.25, 0.3) is 0 Å². The van der Waals surface area contributed by atoms with E-state index in [9.17, 15) is 45.3 Å². The van der Waals surface area contributed by atoms with Gasteiger partial charge in [-0.15, -0.1) is 0 Å². The number of rotatable bonds is 42. The summed E-state index contributed by atoms with van der Waals surface area (Å²) in [5.74, 6) is -0.915. The summed E-state index contributed by atoms with van der Waals surface area (Å²) in [6.45, 7) is 2.59. The maximum absolute atomic E-state index is 13.0. The Bertz CT molecular complexity index is 1160. The van der Waals surface area contributed by atoms with Crippen LogP contribution in [-0.4, -0.2) is 142 Å². The van der Waals surface area contributed by atoms with E-state index in [2.05, 4.69) is 13.8 Å². The summed E-state index contributed by atoms with van der Waals surface area (Å²) in [6, 6.07) is 0. The van der Waals surface area contributed by atoms with Gasteiger partial charge in [0.1, 0.15) is 55.4 Å². The standard InChI is InChI=1S/C51H96O15/c1-3-5-7-9-11-13-14-15-16-17-18-19-20-21-22-23-24-25-26-28-30-32-34-43(54)64-39(36-61-42(53)33-31-29-27-12-10-8-6-4-2)37-62-50-49(60)47(58)45(56)41(66-50)38-63-51-48(59)46(57)44(55)40(35-52)65-51/h39-41,44-52,55-60H,3-38H2,1-2H3/t39-,40+,41+,44-,45-,46?,47?,48?,49?,50+,51+/m1/s1. The topological polar surface area (TPSA) is 231 Å². The van der Waals surface area contributed by atoms with Crippen molar-refractivity contribution in [2.24, 2.45) is 0 Å². The lowest BCUT2D eigenvalue weighted by atomic mass is 9.98.